The second-order valence-corrected chi connectivity index (χ2v) is 5.25. The molecule has 1 aromatic heterocycles. The summed E-state index contributed by atoms with van der Waals surface area (Å²) < 4.78 is 0.715. The first-order chi connectivity index (χ1) is 9.38. The summed E-state index contributed by atoms with van der Waals surface area (Å²) >= 11 is 3.30. The number of rotatable bonds is 4. The van der Waals surface area contributed by atoms with Gasteiger partial charge in [0.15, 0.2) is 0 Å². The van der Waals surface area contributed by atoms with E-state index >= 15 is 0 Å². The van der Waals surface area contributed by atoms with Gasteiger partial charge in [0.25, 0.3) is 0 Å². The van der Waals surface area contributed by atoms with Crippen molar-refractivity contribution in [2.75, 3.05) is 0 Å². The number of aromatic amines is 2. The van der Waals surface area contributed by atoms with Crippen LogP contribution in [0.5, 0.6) is 0 Å². The highest BCUT2D eigenvalue weighted by atomic mass is 79.9. The average Bonchev–Trinajstić information content (AvgIpc) is 2.37. The van der Waals surface area contributed by atoms with Crippen LogP contribution in [0.4, 0.5) is 0 Å². The van der Waals surface area contributed by atoms with Crippen molar-refractivity contribution in [3.63, 3.8) is 0 Å². The number of hydrogen-bond donors (Lipinski definition) is 4. The van der Waals surface area contributed by atoms with E-state index in [0.29, 0.717) is 21.1 Å². The standard InChI is InChI=1S/C12H12BrN3O4/c1-5(12(19)20)14-4-6-2-7(13)3-8-9(6)16-11(18)10(17)15-8/h2-3,5,14H,4H2,1H3,(H,15,17)(H,16,18)(H,19,20)/t5-/m1/s1. The van der Waals surface area contributed by atoms with E-state index in [1.165, 1.54) is 6.92 Å². The molecular weight excluding hydrogens is 330 g/mol. The van der Waals surface area contributed by atoms with Crippen molar-refractivity contribution < 1.29 is 9.90 Å². The number of aliphatic carboxylic acids is 1. The van der Waals surface area contributed by atoms with Crippen LogP contribution in [-0.2, 0) is 11.3 Å². The number of halogens is 1. The second kappa shape index (κ2) is 5.59. The van der Waals surface area contributed by atoms with Gasteiger partial charge in [0.1, 0.15) is 6.04 Å². The van der Waals surface area contributed by atoms with Crippen LogP contribution in [-0.4, -0.2) is 27.1 Å². The number of nitrogens with one attached hydrogen (secondary N) is 3. The Kier molecular flexibility index (Phi) is 4.05. The largest absolute Gasteiger partial charge is 0.480 e. The third kappa shape index (κ3) is 2.97. The molecule has 8 heteroatoms. The molecule has 0 fully saturated rings. The van der Waals surface area contributed by atoms with Gasteiger partial charge in [-0.1, -0.05) is 15.9 Å². The molecule has 0 amide bonds. The van der Waals surface area contributed by atoms with E-state index in [2.05, 4.69) is 31.2 Å². The molecule has 1 heterocycles. The fraction of sp³-hybridized carbons (Fsp3) is 0.250. The van der Waals surface area contributed by atoms with E-state index in [-0.39, 0.29) is 6.54 Å². The molecule has 0 aliphatic carbocycles. The molecule has 1 aromatic carbocycles. The van der Waals surface area contributed by atoms with Crippen LogP contribution in [0.25, 0.3) is 11.0 Å². The molecule has 106 valence electrons. The van der Waals surface area contributed by atoms with E-state index in [1.54, 1.807) is 12.1 Å². The third-order valence-corrected chi connectivity index (χ3v) is 3.30. The fourth-order valence-electron chi connectivity index (χ4n) is 1.75. The van der Waals surface area contributed by atoms with Gasteiger partial charge < -0.3 is 20.4 Å². The molecule has 4 N–H and O–H groups in total. The van der Waals surface area contributed by atoms with Crippen LogP contribution in [0, 0.1) is 0 Å². The van der Waals surface area contributed by atoms with Crippen molar-refractivity contribution in [2.24, 2.45) is 0 Å². The zero-order valence-corrected chi connectivity index (χ0v) is 12.1. The number of carboxylic acid groups (broad SMARTS) is 1. The SMILES string of the molecule is C[C@@H](NCc1cc(Br)cc2[nH]c(=O)c(=O)[nH]c12)C(=O)O. The molecule has 0 saturated carbocycles. The van der Waals surface area contributed by atoms with Gasteiger partial charge in [0, 0.05) is 11.0 Å². The first-order valence-corrected chi connectivity index (χ1v) is 6.58. The first-order valence-electron chi connectivity index (χ1n) is 5.79. The molecule has 2 rings (SSSR count). The maximum atomic E-state index is 11.4. The molecule has 0 bridgehead atoms. The summed E-state index contributed by atoms with van der Waals surface area (Å²) in [4.78, 5) is 38.4. The minimum atomic E-state index is -0.966. The van der Waals surface area contributed by atoms with Crippen molar-refractivity contribution in [1.29, 1.82) is 0 Å². The van der Waals surface area contributed by atoms with Crippen LogP contribution >= 0.6 is 15.9 Å². The lowest BCUT2D eigenvalue weighted by Gasteiger charge is -2.11. The van der Waals surface area contributed by atoms with E-state index in [4.69, 9.17) is 5.11 Å². The molecular formula is C12H12BrN3O4. The van der Waals surface area contributed by atoms with Gasteiger partial charge in [-0.05, 0) is 24.6 Å². The molecule has 20 heavy (non-hydrogen) atoms. The van der Waals surface area contributed by atoms with Gasteiger partial charge in [-0.3, -0.25) is 14.4 Å². The molecule has 2 aromatic rings. The van der Waals surface area contributed by atoms with Gasteiger partial charge >= 0.3 is 17.1 Å². The van der Waals surface area contributed by atoms with E-state index < -0.39 is 23.1 Å². The van der Waals surface area contributed by atoms with Gasteiger partial charge in [0.2, 0.25) is 0 Å². The number of carboxylic acids is 1. The Morgan fingerprint density at radius 1 is 1.35 bits per heavy atom. The predicted molar refractivity (Wildman–Crippen MR) is 76.8 cm³/mol. The van der Waals surface area contributed by atoms with Crippen LogP contribution in [0.3, 0.4) is 0 Å². The lowest BCUT2D eigenvalue weighted by atomic mass is 10.1. The summed E-state index contributed by atoms with van der Waals surface area (Å²) in [5.41, 5.74) is 0.156. The van der Waals surface area contributed by atoms with Crippen molar-refractivity contribution in [2.45, 2.75) is 19.5 Å². The second-order valence-electron chi connectivity index (χ2n) is 4.34. The normalized spacial score (nSPS) is 12.5. The monoisotopic (exact) mass is 341 g/mol. The van der Waals surface area contributed by atoms with Crippen molar-refractivity contribution in [3.05, 3.63) is 42.9 Å². The van der Waals surface area contributed by atoms with E-state index in [0.717, 1.165) is 0 Å². The van der Waals surface area contributed by atoms with Crippen molar-refractivity contribution in [3.8, 4) is 0 Å². The molecule has 1 atom stereocenters. The summed E-state index contributed by atoms with van der Waals surface area (Å²) in [6.07, 6.45) is 0. The Labute approximate surface area is 121 Å². The molecule has 7 nitrogen and oxygen atoms in total. The highest BCUT2D eigenvalue weighted by Gasteiger charge is 2.12. The van der Waals surface area contributed by atoms with Gasteiger partial charge in [0.05, 0.1) is 11.0 Å². The topological polar surface area (TPSA) is 115 Å². The molecule has 0 unspecified atom stereocenters. The number of hydrogen-bond acceptors (Lipinski definition) is 4. The Bertz CT molecular complexity index is 780. The van der Waals surface area contributed by atoms with Crippen LogP contribution in [0.1, 0.15) is 12.5 Å². The van der Waals surface area contributed by atoms with Crippen molar-refractivity contribution in [1.82, 2.24) is 15.3 Å². The number of fused-ring (bicyclic) bond motifs is 1. The maximum Gasteiger partial charge on any atom is 0.320 e. The van der Waals surface area contributed by atoms with E-state index in [9.17, 15) is 14.4 Å². The molecule has 0 aliphatic rings. The number of benzene rings is 1. The first kappa shape index (κ1) is 14.5. The average molecular weight is 342 g/mol. The zero-order valence-electron chi connectivity index (χ0n) is 10.5. The Morgan fingerprint density at radius 2 is 2.00 bits per heavy atom. The highest BCUT2D eigenvalue weighted by molar-refractivity contribution is 9.10. The molecule has 0 aliphatic heterocycles. The summed E-state index contributed by atoms with van der Waals surface area (Å²) in [5.74, 6) is -0.966. The maximum absolute atomic E-state index is 11.4. The smallest absolute Gasteiger partial charge is 0.320 e. The Balaban J connectivity index is 2.47. The lowest BCUT2D eigenvalue weighted by molar-refractivity contribution is -0.139. The summed E-state index contributed by atoms with van der Waals surface area (Å²) in [6.45, 7) is 1.76. The van der Waals surface area contributed by atoms with Gasteiger partial charge in [-0.2, -0.15) is 0 Å². The van der Waals surface area contributed by atoms with Gasteiger partial charge in [-0.15, -0.1) is 0 Å². The summed E-state index contributed by atoms with van der Waals surface area (Å²) in [5, 5.41) is 11.6. The van der Waals surface area contributed by atoms with E-state index in [1.807, 2.05) is 0 Å². The lowest BCUT2D eigenvalue weighted by Crippen LogP contribution is -2.33. The number of carbonyl (C=O) groups is 1. The van der Waals surface area contributed by atoms with Gasteiger partial charge in [-0.25, -0.2) is 0 Å². The summed E-state index contributed by atoms with van der Waals surface area (Å²) in [7, 11) is 0. The number of aromatic nitrogens is 2. The van der Waals surface area contributed by atoms with Crippen molar-refractivity contribution >= 4 is 32.9 Å². The predicted octanol–water partition coefficient (Wildman–Crippen LogP) is 0.542. The zero-order chi connectivity index (χ0) is 14.9. The van der Waals surface area contributed by atoms with Crippen LogP contribution < -0.4 is 16.4 Å². The Hall–Kier alpha value is -1.93. The molecule has 0 radical (unpaired) electrons. The highest BCUT2D eigenvalue weighted by Crippen LogP contribution is 2.20. The number of H-pyrrole nitrogens is 2. The fourth-order valence-corrected chi connectivity index (χ4v) is 2.25. The quantitative estimate of drug-likeness (QED) is 0.606. The molecule has 0 spiro atoms. The Morgan fingerprint density at radius 3 is 2.65 bits per heavy atom. The minimum absolute atomic E-state index is 0.241. The third-order valence-electron chi connectivity index (χ3n) is 2.85. The van der Waals surface area contributed by atoms with Crippen LogP contribution in [0.2, 0.25) is 0 Å². The molecule has 0 saturated heterocycles. The summed E-state index contributed by atoms with van der Waals surface area (Å²) in [6, 6.07) is 2.69. The van der Waals surface area contributed by atoms with Crippen LogP contribution in [0.15, 0.2) is 26.2 Å². The minimum Gasteiger partial charge on any atom is -0.480 e.